The Labute approximate surface area is 115 Å². The Balaban J connectivity index is 1.97. The Morgan fingerprint density at radius 1 is 1.53 bits per heavy atom. The Morgan fingerprint density at radius 2 is 2.21 bits per heavy atom. The molecule has 1 aliphatic rings. The highest BCUT2D eigenvalue weighted by molar-refractivity contribution is 7.91. The molecule has 0 aromatic carbocycles. The number of hydrogen-bond donors (Lipinski definition) is 2. The molecule has 19 heavy (non-hydrogen) atoms. The SMILES string of the molecule is CCOC1CC(NS(=O)(=O)c2ccc(C(=O)O)s2)C1. The topological polar surface area (TPSA) is 92.7 Å². The van der Waals surface area contributed by atoms with Crippen molar-refractivity contribution in [3.05, 3.63) is 17.0 Å². The van der Waals surface area contributed by atoms with Crippen molar-refractivity contribution < 1.29 is 23.1 Å². The zero-order valence-corrected chi connectivity index (χ0v) is 12.0. The van der Waals surface area contributed by atoms with Crippen LogP contribution in [0.3, 0.4) is 0 Å². The van der Waals surface area contributed by atoms with E-state index in [0.29, 0.717) is 19.4 Å². The summed E-state index contributed by atoms with van der Waals surface area (Å²) in [5.41, 5.74) is 0. The fraction of sp³-hybridized carbons (Fsp3) is 0.545. The van der Waals surface area contributed by atoms with Gasteiger partial charge in [0.1, 0.15) is 9.09 Å². The van der Waals surface area contributed by atoms with Crippen LogP contribution in [0.15, 0.2) is 16.3 Å². The van der Waals surface area contributed by atoms with Crippen molar-refractivity contribution in [1.82, 2.24) is 4.72 Å². The van der Waals surface area contributed by atoms with E-state index in [-0.39, 0.29) is 21.2 Å². The largest absolute Gasteiger partial charge is 0.477 e. The van der Waals surface area contributed by atoms with Gasteiger partial charge in [-0.2, -0.15) is 0 Å². The molecule has 0 spiro atoms. The van der Waals surface area contributed by atoms with Crippen LogP contribution in [0.4, 0.5) is 0 Å². The van der Waals surface area contributed by atoms with Crippen LogP contribution < -0.4 is 4.72 Å². The van der Waals surface area contributed by atoms with Crippen LogP contribution in [0.1, 0.15) is 29.4 Å². The summed E-state index contributed by atoms with van der Waals surface area (Å²) in [4.78, 5) is 10.7. The fourth-order valence-electron chi connectivity index (χ4n) is 1.89. The highest BCUT2D eigenvalue weighted by atomic mass is 32.2. The standard InChI is InChI=1S/C11H15NO5S2/c1-2-17-8-5-7(6-8)12-19(15,16)10-4-3-9(18-10)11(13)14/h3-4,7-8,12H,2,5-6H2,1H3,(H,13,14). The molecule has 1 fully saturated rings. The lowest BCUT2D eigenvalue weighted by Crippen LogP contribution is -2.47. The van der Waals surface area contributed by atoms with E-state index in [1.165, 1.54) is 12.1 Å². The van der Waals surface area contributed by atoms with Gasteiger partial charge in [-0.3, -0.25) is 0 Å². The Bertz CT molecular complexity index is 559. The quantitative estimate of drug-likeness (QED) is 0.826. The lowest BCUT2D eigenvalue weighted by molar-refractivity contribution is -0.00475. The first-order chi connectivity index (χ1) is 8.92. The second-order valence-electron chi connectivity index (χ2n) is 4.29. The van der Waals surface area contributed by atoms with Gasteiger partial charge < -0.3 is 9.84 Å². The fourth-order valence-corrected chi connectivity index (χ4v) is 4.31. The number of aromatic carboxylic acids is 1. The molecular weight excluding hydrogens is 290 g/mol. The monoisotopic (exact) mass is 305 g/mol. The molecule has 0 amide bonds. The zero-order valence-electron chi connectivity index (χ0n) is 10.3. The second-order valence-corrected chi connectivity index (χ2v) is 7.32. The van der Waals surface area contributed by atoms with E-state index in [1.54, 1.807) is 0 Å². The minimum Gasteiger partial charge on any atom is -0.477 e. The Kier molecular flexibility index (Phi) is 4.24. The maximum absolute atomic E-state index is 12.0. The van der Waals surface area contributed by atoms with Gasteiger partial charge in [0.2, 0.25) is 10.0 Å². The normalized spacial score (nSPS) is 23.0. The third-order valence-corrected chi connectivity index (χ3v) is 5.96. The van der Waals surface area contributed by atoms with Gasteiger partial charge in [0.05, 0.1) is 6.10 Å². The van der Waals surface area contributed by atoms with E-state index in [2.05, 4.69) is 4.72 Å². The van der Waals surface area contributed by atoms with Crippen LogP contribution in [0.25, 0.3) is 0 Å². The zero-order chi connectivity index (χ0) is 14.0. The summed E-state index contributed by atoms with van der Waals surface area (Å²) < 4.78 is 31.9. The van der Waals surface area contributed by atoms with E-state index >= 15 is 0 Å². The minimum absolute atomic E-state index is 0.0150. The number of hydrogen-bond acceptors (Lipinski definition) is 5. The first kappa shape index (κ1) is 14.4. The number of carboxylic acid groups (broad SMARTS) is 1. The summed E-state index contributed by atoms with van der Waals surface area (Å²) in [6, 6.07) is 2.48. The molecule has 0 radical (unpaired) electrons. The molecule has 2 rings (SSSR count). The third-order valence-electron chi connectivity index (χ3n) is 2.88. The van der Waals surface area contributed by atoms with Crippen molar-refractivity contribution in [2.24, 2.45) is 0 Å². The van der Waals surface area contributed by atoms with Gasteiger partial charge in [0.15, 0.2) is 0 Å². The van der Waals surface area contributed by atoms with Crippen molar-refractivity contribution in [2.75, 3.05) is 6.61 Å². The van der Waals surface area contributed by atoms with Crippen LogP contribution in [0, 0.1) is 0 Å². The highest BCUT2D eigenvalue weighted by Crippen LogP contribution is 2.27. The smallest absolute Gasteiger partial charge is 0.345 e. The van der Waals surface area contributed by atoms with Crippen LogP contribution >= 0.6 is 11.3 Å². The predicted molar refractivity (Wildman–Crippen MR) is 70.0 cm³/mol. The van der Waals surface area contributed by atoms with Crippen molar-refractivity contribution >= 4 is 27.3 Å². The van der Waals surface area contributed by atoms with Crippen LogP contribution in [0.5, 0.6) is 0 Å². The van der Waals surface area contributed by atoms with Gasteiger partial charge in [-0.25, -0.2) is 17.9 Å². The molecule has 0 bridgehead atoms. The molecule has 6 nitrogen and oxygen atoms in total. The molecule has 1 aromatic heterocycles. The Morgan fingerprint density at radius 3 is 2.74 bits per heavy atom. The second kappa shape index (κ2) is 5.58. The number of carbonyl (C=O) groups is 1. The molecule has 1 heterocycles. The van der Waals surface area contributed by atoms with E-state index in [0.717, 1.165) is 11.3 Å². The summed E-state index contributed by atoms with van der Waals surface area (Å²) in [6.07, 6.45) is 1.43. The lowest BCUT2D eigenvalue weighted by Gasteiger charge is -2.34. The van der Waals surface area contributed by atoms with Crippen LogP contribution in [0.2, 0.25) is 0 Å². The number of rotatable bonds is 6. The van der Waals surface area contributed by atoms with Crippen LogP contribution in [-0.4, -0.2) is 38.2 Å². The number of ether oxygens (including phenoxy) is 1. The predicted octanol–water partition coefficient (Wildman–Crippen LogP) is 1.29. The van der Waals surface area contributed by atoms with Gasteiger partial charge in [-0.05, 0) is 31.9 Å². The van der Waals surface area contributed by atoms with E-state index in [1.807, 2.05) is 6.92 Å². The average Bonchev–Trinajstić information content (AvgIpc) is 2.76. The number of carboxylic acids is 1. The maximum atomic E-state index is 12.0. The molecule has 0 saturated heterocycles. The molecule has 0 unspecified atom stereocenters. The third kappa shape index (κ3) is 3.33. The number of thiophene rings is 1. The average molecular weight is 305 g/mol. The molecule has 1 aromatic rings. The van der Waals surface area contributed by atoms with Crippen molar-refractivity contribution in [2.45, 2.75) is 36.1 Å². The Hall–Kier alpha value is -0.960. The molecule has 8 heteroatoms. The minimum atomic E-state index is -3.62. The van der Waals surface area contributed by atoms with Crippen molar-refractivity contribution in [3.63, 3.8) is 0 Å². The van der Waals surface area contributed by atoms with E-state index in [9.17, 15) is 13.2 Å². The van der Waals surface area contributed by atoms with Gasteiger partial charge in [-0.15, -0.1) is 11.3 Å². The molecular formula is C11H15NO5S2. The van der Waals surface area contributed by atoms with Gasteiger partial charge in [0, 0.05) is 12.6 Å². The van der Waals surface area contributed by atoms with Crippen molar-refractivity contribution in [1.29, 1.82) is 0 Å². The first-order valence-corrected chi connectivity index (χ1v) is 8.19. The van der Waals surface area contributed by atoms with Gasteiger partial charge >= 0.3 is 5.97 Å². The number of nitrogens with one attached hydrogen (secondary N) is 1. The first-order valence-electron chi connectivity index (χ1n) is 5.89. The highest BCUT2D eigenvalue weighted by Gasteiger charge is 2.33. The van der Waals surface area contributed by atoms with Gasteiger partial charge in [0.25, 0.3) is 0 Å². The summed E-state index contributed by atoms with van der Waals surface area (Å²) in [5.74, 6) is -1.12. The molecule has 0 atom stereocenters. The van der Waals surface area contributed by atoms with Crippen LogP contribution in [-0.2, 0) is 14.8 Å². The van der Waals surface area contributed by atoms with Crippen molar-refractivity contribution in [3.8, 4) is 0 Å². The maximum Gasteiger partial charge on any atom is 0.345 e. The summed E-state index contributed by atoms with van der Waals surface area (Å²) in [7, 11) is -3.62. The molecule has 106 valence electrons. The lowest BCUT2D eigenvalue weighted by atomic mass is 9.90. The summed E-state index contributed by atoms with van der Waals surface area (Å²) in [5, 5.41) is 8.78. The van der Waals surface area contributed by atoms with E-state index < -0.39 is 16.0 Å². The molecule has 0 aliphatic heterocycles. The summed E-state index contributed by atoms with van der Waals surface area (Å²) in [6.45, 7) is 2.52. The summed E-state index contributed by atoms with van der Waals surface area (Å²) >= 11 is 0.754. The molecule has 1 aliphatic carbocycles. The molecule has 1 saturated carbocycles. The van der Waals surface area contributed by atoms with E-state index in [4.69, 9.17) is 9.84 Å². The number of sulfonamides is 1. The van der Waals surface area contributed by atoms with Gasteiger partial charge in [-0.1, -0.05) is 0 Å². The molecule has 2 N–H and O–H groups in total.